The highest BCUT2D eigenvalue weighted by molar-refractivity contribution is 5.78. The molecule has 0 aliphatic heterocycles. The van der Waals surface area contributed by atoms with E-state index >= 15 is 0 Å². The number of ether oxygens (including phenoxy) is 1. The van der Waals surface area contributed by atoms with E-state index in [1.54, 1.807) is 0 Å². The van der Waals surface area contributed by atoms with E-state index in [-0.39, 0.29) is 37.9 Å². The fourth-order valence-electron chi connectivity index (χ4n) is 2.90. The van der Waals surface area contributed by atoms with Gasteiger partial charge in [0.15, 0.2) is 0 Å². The highest BCUT2D eigenvalue weighted by Crippen LogP contribution is 2.27. The lowest BCUT2D eigenvalue weighted by Crippen LogP contribution is -2.55. The number of unbranched alkanes of at least 4 members (excludes halogenated alkanes) is 1. The highest BCUT2D eigenvalue weighted by Gasteiger charge is 2.42. The van der Waals surface area contributed by atoms with Crippen LogP contribution in [0.25, 0.3) is 0 Å². The Balaban J connectivity index is 2.17. The van der Waals surface area contributed by atoms with Crippen molar-refractivity contribution >= 4 is 11.7 Å². The number of carbonyl (C=O) groups is 2. The number of rotatable bonds is 11. The summed E-state index contributed by atoms with van der Waals surface area (Å²) in [6.07, 6.45) is -1.51. The standard InChI is InChI=1S/C17H31NO7/c1-2-12(20)5-3-4-6-14(21)18-7-8-25-13-9-11(10-19)15(22)17(24)16(13)23/h11,13,15-17,19,22-24H,2-10H2,1H3,(H,18,21)/t11-,13-,15-,16+,17+/m1/s1. The number of ketones is 1. The summed E-state index contributed by atoms with van der Waals surface area (Å²) >= 11 is 0. The summed E-state index contributed by atoms with van der Waals surface area (Å²) in [6.45, 7) is 1.93. The van der Waals surface area contributed by atoms with Crippen LogP contribution in [-0.2, 0) is 14.3 Å². The van der Waals surface area contributed by atoms with E-state index in [2.05, 4.69) is 5.32 Å². The number of nitrogens with one attached hydrogen (secondary N) is 1. The van der Waals surface area contributed by atoms with Crippen LogP contribution in [0.3, 0.4) is 0 Å². The molecule has 5 atom stereocenters. The molecule has 0 aromatic rings. The number of aliphatic hydroxyl groups excluding tert-OH is 4. The van der Waals surface area contributed by atoms with Crippen molar-refractivity contribution in [3.63, 3.8) is 0 Å². The van der Waals surface area contributed by atoms with E-state index in [1.165, 1.54) is 0 Å². The highest BCUT2D eigenvalue weighted by atomic mass is 16.5. The molecular weight excluding hydrogens is 330 g/mol. The summed E-state index contributed by atoms with van der Waals surface area (Å²) in [4.78, 5) is 22.8. The molecular formula is C17H31NO7. The molecule has 1 saturated carbocycles. The SMILES string of the molecule is CCC(=O)CCCCC(=O)NCCO[C@@H]1C[C@H](CO)[C@@H](O)[C@H](O)[C@H]1O. The van der Waals surface area contributed by atoms with Gasteiger partial charge in [-0.05, 0) is 19.3 Å². The predicted molar refractivity (Wildman–Crippen MR) is 89.7 cm³/mol. The number of aliphatic hydroxyl groups is 4. The topological polar surface area (TPSA) is 136 Å². The Labute approximate surface area is 148 Å². The van der Waals surface area contributed by atoms with Crippen molar-refractivity contribution in [2.45, 2.75) is 69.9 Å². The van der Waals surface area contributed by atoms with E-state index in [4.69, 9.17) is 4.74 Å². The molecule has 0 saturated heterocycles. The number of hydrogen-bond donors (Lipinski definition) is 5. The van der Waals surface area contributed by atoms with E-state index < -0.39 is 30.3 Å². The first kappa shape index (κ1) is 22.0. The zero-order valence-corrected chi connectivity index (χ0v) is 14.8. The summed E-state index contributed by atoms with van der Waals surface area (Å²) in [6, 6.07) is 0. The molecule has 1 rings (SSSR count). The van der Waals surface area contributed by atoms with Crippen LogP contribution in [-0.4, -0.2) is 76.3 Å². The average Bonchev–Trinajstić information content (AvgIpc) is 2.61. The maximum Gasteiger partial charge on any atom is 0.220 e. The van der Waals surface area contributed by atoms with Crippen LogP contribution in [0, 0.1) is 5.92 Å². The minimum Gasteiger partial charge on any atom is -0.396 e. The molecule has 1 aliphatic carbocycles. The van der Waals surface area contributed by atoms with Crippen LogP contribution in [0.1, 0.15) is 45.4 Å². The van der Waals surface area contributed by atoms with Crippen LogP contribution in [0.2, 0.25) is 0 Å². The third kappa shape index (κ3) is 7.37. The maximum absolute atomic E-state index is 11.7. The minimum atomic E-state index is -1.36. The Hall–Kier alpha value is -1.06. The summed E-state index contributed by atoms with van der Waals surface area (Å²) < 4.78 is 5.48. The molecule has 0 heterocycles. The van der Waals surface area contributed by atoms with Crippen molar-refractivity contribution in [1.29, 1.82) is 0 Å². The van der Waals surface area contributed by atoms with Gasteiger partial charge < -0.3 is 30.5 Å². The lowest BCUT2D eigenvalue weighted by Gasteiger charge is -2.39. The second kappa shape index (κ2) is 11.5. The Morgan fingerprint density at radius 1 is 1.08 bits per heavy atom. The molecule has 0 radical (unpaired) electrons. The zero-order chi connectivity index (χ0) is 18.8. The zero-order valence-electron chi connectivity index (χ0n) is 14.8. The van der Waals surface area contributed by atoms with Gasteiger partial charge in [-0.15, -0.1) is 0 Å². The smallest absolute Gasteiger partial charge is 0.220 e. The van der Waals surface area contributed by atoms with Crippen molar-refractivity contribution in [1.82, 2.24) is 5.32 Å². The fourth-order valence-corrected chi connectivity index (χ4v) is 2.90. The van der Waals surface area contributed by atoms with Crippen molar-refractivity contribution in [3.05, 3.63) is 0 Å². The van der Waals surface area contributed by atoms with Gasteiger partial charge in [-0.3, -0.25) is 9.59 Å². The van der Waals surface area contributed by atoms with E-state index in [0.717, 1.165) is 0 Å². The van der Waals surface area contributed by atoms with Crippen molar-refractivity contribution in [2.24, 2.45) is 5.92 Å². The first-order valence-electron chi connectivity index (χ1n) is 8.95. The number of carbonyl (C=O) groups excluding carboxylic acids is 2. The Kier molecular flexibility index (Phi) is 10.1. The fraction of sp³-hybridized carbons (Fsp3) is 0.882. The first-order valence-corrected chi connectivity index (χ1v) is 8.95. The van der Waals surface area contributed by atoms with Crippen molar-refractivity contribution in [3.8, 4) is 0 Å². The molecule has 5 N–H and O–H groups in total. The molecule has 8 nitrogen and oxygen atoms in total. The van der Waals surface area contributed by atoms with E-state index in [9.17, 15) is 30.0 Å². The van der Waals surface area contributed by atoms with Crippen LogP contribution in [0.15, 0.2) is 0 Å². The Bertz CT molecular complexity index is 416. The molecule has 0 aromatic carbocycles. The molecule has 0 aromatic heterocycles. The Morgan fingerprint density at radius 3 is 2.40 bits per heavy atom. The Morgan fingerprint density at radius 2 is 1.76 bits per heavy atom. The van der Waals surface area contributed by atoms with Gasteiger partial charge in [-0.1, -0.05) is 6.92 Å². The van der Waals surface area contributed by atoms with Gasteiger partial charge in [0.1, 0.15) is 18.0 Å². The first-order chi connectivity index (χ1) is 11.9. The quantitative estimate of drug-likeness (QED) is 0.302. The van der Waals surface area contributed by atoms with Gasteiger partial charge >= 0.3 is 0 Å². The van der Waals surface area contributed by atoms with Gasteiger partial charge in [0.2, 0.25) is 5.91 Å². The summed E-state index contributed by atoms with van der Waals surface area (Å²) in [5.74, 6) is -0.474. The summed E-state index contributed by atoms with van der Waals surface area (Å²) in [5.41, 5.74) is 0. The second-order valence-corrected chi connectivity index (χ2v) is 6.51. The maximum atomic E-state index is 11.7. The minimum absolute atomic E-state index is 0.125. The molecule has 0 spiro atoms. The van der Waals surface area contributed by atoms with Crippen molar-refractivity contribution in [2.75, 3.05) is 19.8 Å². The summed E-state index contributed by atoms with van der Waals surface area (Å²) in [7, 11) is 0. The lowest BCUT2D eigenvalue weighted by atomic mass is 9.81. The summed E-state index contributed by atoms with van der Waals surface area (Å²) in [5, 5.41) is 41.3. The third-order valence-electron chi connectivity index (χ3n) is 4.59. The normalized spacial score (nSPS) is 29.4. The van der Waals surface area contributed by atoms with E-state index in [0.29, 0.717) is 32.1 Å². The molecule has 1 aliphatic rings. The molecule has 0 unspecified atom stereocenters. The molecule has 1 fully saturated rings. The molecule has 1 amide bonds. The van der Waals surface area contributed by atoms with Gasteiger partial charge in [-0.25, -0.2) is 0 Å². The number of hydrogen-bond acceptors (Lipinski definition) is 7. The van der Waals surface area contributed by atoms with E-state index in [1.807, 2.05) is 6.92 Å². The van der Waals surface area contributed by atoms with Gasteiger partial charge in [0.05, 0.1) is 18.8 Å². The second-order valence-electron chi connectivity index (χ2n) is 6.51. The molecule has 8 heteroatoms. The molecule has 146 valence electrons. The molecule has 25 heavy (non-hydrogen) atoms. The van der Waals surface area contributed by atoms with Crippen LogP contribution in [0.5, 0.6) is 0 Å². The van der Waals surface area contributed by atoms with Crippen LogP contribution >= 0.6 is 0 Å². The monoisotopic (exact) mass is 361 g/mol. The lowest BCUT2D eigenvalue weighted by molar-refractivity contribution is -0.177. The van der Waals surface area contributed by atoms with Gasteiger partial charge in [0, 0.05) is 38.3 Å². The van der Waals surface area contributed by atoms with Gasteiger partial charge in [-0.2, -0.15) is 0 Å². The van der Waals surface area contributed by atoms with Crippen molar-refractivity contribution < 1.29 is 34.8 Å². The number of Topliss-reactive ketones (excluding diaryl/α,β-unsaturated/α-hetero) is 1. The third-order valence-corrected chi connectivity index (χ3v) is 4.59. The largest absolute Gasteiger partial charge is 0.396 e. The average molecular weight is 361 g/mol. The predicted octanol–water partition coefficient (Wildman–Crippen LogP) is -0.878. The van der Waals surface area contributed by atoms with Crippen LogP contribution < -0.4 is 5.32 Å². The number of amides is 1. The van der Waals surface area contributed by atoms with Crippen LogP contribution in [0.4, 0.5) is 0 Å². The molecule has 0 bridgehead atoms. The van der Waals surface area contributed by atoms with Gasteiger partial charge in [0.25, 0.3) is 0 Å².